The average Bonchev–Trinajstić information content (AvgIpc) is 2.92. The molecule has 1 aromatic rings. The van der Waals surface area contributed by atoms with Crippen molar-refractivity contribution in [2.24, 2.45) is 5.92 Å². The first-order valence-electron chi connectivity index (χ1n) is 10.1. The molecule has 2 amide bonds. The number of benzene rings is 1. The van der Waals surface area contributed by atoms with E-state index in [2.05, 4.69) is 22.5 Å². The van der Waals surface area contributed by atoms with Gasteiger partial charge in [-0.15, -0.1) is 0 Å². The highest BCUT2D eigenvalue weighted by Crippen LogP contribution is 2.24. The third kappa shape index (κ3) is 5.23. The van der Waals surface area contributed by atoms with Crippen molar-refractivity contribution in [2.45, 2.75) is 64.3 Å². The number of carbonyl (C=O) groups excluding carboxylic acids is 2. The molecule has 5 nitrogen and oxygen atoms in total. The molecule has 1 aliphatic heterocycles. The predicted molar refractivity (Wildman–Crippen MR) is 105 cm³/mol. The summed E-state index contributed by atoms with van der Waals surface area (Å²) in [6.07, 6.45) is 9.10. The Morgan fingerprint density at radius 3 is 2.12 bits per heavy atom. The van der Waals surface area contributed by atoms with E-state index in [1.807, 2.05) is 24.3 Å². The second kappa shape index (κ2) is 9.06. The second-order valence-electron chi connectivity index (χ2n) is 7.83. The fourth-order valence-electron chi connectivity index (χ4n) is 3.88. The van der Waals surface area contributed by atoms with E-state index in [1.165, 1.54) is 31.4 Å². The highest BCUT2D eigenvalue weighted by molar-refractivity contribution is 6.39. The van der Waals surface area contributed by atoms with Crippen LogP contribution in [0.15, 0.2) is 24.3 Å². The molecule has 3 rings (SSSR count). The normalized spacial score (nSPS) is 19.7. The zero-order valence-electron chi connectivity index (χ0n) is 15.8. The molecule has 1 saturated carbocycles. The van der Waals surface area contributed by atoms with Gasteiger partial charge in [-0.05, 0) is 55.9 Å². The van der Waals surface area contributed by atoms with Gasteiger partial charge in [0.15, 0.2) is 0 Å². The quantitative estimate of drug-likeness (QED) is 0.640. The van der Waals surface area contributed by atoms with Crippen LogP contribution in [0, 0.1) is 5.92 Å². The molecule has 0 bridgehead atoms. The summed E-state index contributed by atoms with van der Waals surface area (Å²) in [5, 5.41) is 5.60. The predicted octanol–water partition coefficient (Wildman–Crippen LogP) is 3.70. The second-order valence-corrected chi connectivity index (χ2v) is 7.83. The Kier molecular flexibility index (Phi) is 6.53. The van der Waals surface area contributed by atoms with Crippen LogP contribution in [0.4, 0.5) is 11.4 Å². The highest BCUT2D eigenvalue weighted by Gasteiger charge is 2.20. The topological polar surface area (TPSA) is 61.4 Å². The molecular weight excluding hydrogens is 326 g/mol. The molecule has 26 heavy (non-hydrogen) atoms. The molecular formula is C21H31N3O2. The first-order chi connectivity index (χ1) is 12.6. The highest BCUT2D eigenvalue weighted by atomic mass is 16.2. The van der Waals surface area contributed by atoms with Crippen molar-refractivity contribution in [3.8, 4) is 0 Å². The van der Waals surface area contributed by atoms with E-state index in [9.17, 15) is 9.59 Å². The molecule has 1 saturated heterocycles. The molecule has 2 N–H and O–H groups in total. The lowest BCUT2D eigenvalue weighted by Gasteiger charge is -2.32. The Morgan fingerprint density at radius 1 is 0.885 bits per heavy atom. The molecule has 1 aliphatic carbocycles. The van der Waals surface area contributed by atoms with Gasteiger partial charge in [-0.3, -0.25) is 9.59 Å². The Bertz CT molecular complexity index is 598. The summed E-state index contributed by atoms with van der Waals surface area (Å²) in [5.74, 6) is -0.295. The maximum absolute atomic E-state index is 12.2. The van der Waals surface area contributed by atoms with E-state index in [0.29, 0.717) is 5.69 Å². The largest absolute Gasteiger partial charge is 0.372 e. The fraction of sp³-hybridized carbons (Fsp3) is 0.619. The van der Waals surface area contributed by atoms with Crippen LogP contribution in [0.3, 0.4) is 0 Å². The number of amides is 2. The van der Waals surface area contributed by atoms with Gasteiger partial charge in [0.05, 0.1) is 0 Å². The number of anilines is 2. The lowest BCUT2D eigenvalue weighted by Crippen LogP contribution is -2.41. The molecule has 0 unspecified atom stereocenters. The summed E-state index contributed by atoms with van der Waals surface area (Å²) < 4.78 is 0. The smallest absolute Gasteiger partial charge is 0.313 e. The van der Waals surface area contributed by atoms with E-state index in [4.69, 9.17) is 0 Å². The number of hydrogen-bond donors (Lipinski definition) is 2. The molecule has 142 valence electrons. The monoisotopic (exact) mass is 357 g/mol. The Morgan fingerprint density at radius 2 is 1.50 bits per heavy atom. The number of piperidine rings is 1. The molecule has 0 spiro atoms. The van der Waals surface area contributed by atoms with Crippen molar-refractivity contribution in [3.05, 3.63) is 24.3 Å². The Labute approximate surface area is 156 Å². The number of carbonyl (C=O) groups is 2. The first kappa shape index (κ1) is 18.7. The molecule has 1 heterocycles. The van der Waals surface area contributed by atoms with Crippen molar-refractivity contribution in [1.29, 1.82) is 0 Å². The summed E-state index contributed by atoms with van der Waals surface area (Å²) >= 11 is 0. The van der Waals surface area contributed by atoms with Gasteiger partial charge in [0.1, 0.15) is 0 Å². The molecule has 0 aromatic heterocycles. The minimum atomic E-state index is -0.575. The average molecular weight is 357 g/mol. The minimum absolute atomic E-state index is 0.139. The van der Waals surface area contributed by atoms with E-state index in [1.54, 1.807) is 0 Å². The van der Waals surface area contributed by atoms with Gasteiger partial charge in [0.2, 0.25) is 0 Å². The molecule has 2 aliphatic rings. The SMILES string of the molecule is CC1CCN(c2ccc(NC(=O)C(=O)NC3CCCCCC3)cc2)CC1. The number of nitrogens with one attached hydrogen (secondary N) is 2. The number of rotatable bonds is 3. The van der Waals surface area contributed by atoms with Gasteiger partial charge in [-0.2, -0.15) is 0 Å². The standard InChI is InChI=1S/C21H31N3O2/c1-16-12-14-24(15-13-16)19-10-8-18(9-11-19)23-21(26)20(25)22-17-6-4-2-3-5-7-17/h8-11,16-17H,2-7,12-15H2,1H3,(H,22,25)(H,23,26). The van der Waals surface area contributed by atoms with Gasteiger partial charge in [-0.25, -0.2) is 0 Å². The van der Waals surface area contributed by atoms with Gasteiger partial charge in [0.25, 0.3) is 0 Å². The van der Waals surface area contributed by atoms with Crippen LogP contribution >= 0.6 is 0 Å². The molecule has 5 heteroatoms. The van der Waals surface area contributed by atoms with Crippen LogP contribution in [0.2, 0.25) is 0 Å². The molecule has 0 atom stereocenters. The van der Waals surface area contributed by atoms with Gasteiger partial charge in [-0.1, -0.05) is 32.6 Å². The maximum Gasteiger partial charge on any atom is 0.313 e. The van der Waals surface area contributed by atoms with Crippen molar-refractivity contribution < 1.29 is 9.59 Å². The van der Waals surface area contributed by atoms with Crippen molar-refractivity contribution in [3.63, 3.8) is 0 Å². The summed E-state index contributed by atoms with van der Waals surface area (Å²) in [4.78, 5) is 26.7. The first-order valence-corrected chi connectivity index (χ1v) is 10.1. The van der Waals surface area contributed by atoms with Crippen molar-refractivity contribution in [2.75, 3.05) is 23.3 Å². The van der Waals surface area contributed by atoms with Crippen LogP contribution in [0.1, 0.15) is 58.3 Å². The lowest BCUT2D eigenvalue weighted by molar-refractivity contribution is -0.136. The molecule has 2 fully saturated rings. The third-order valence-electron chi connectivity index (χ3n) is 5.67. The number of nitrogens with zero attached hydrogens (tertiary/aromatic N) is 1. The minimum Gasteiger partial charge on any atom is -0.372 e. The zero-order chi connectivity index (χ0) is 18.4. The molecule has 1 aromatic carbocycles. The lowest BCUT2D eigenvalue weighted by atomic mass is 9.99. The van der Waals surface area contributed by atoms with Crippen LogP contribution in [0.25, 0.3) is 0 Å². The van der Waals surface area contributed by atoms with Crippen LogP contribution in [0.5, 0.6) is 0 Å². The van der Waals surface area contributed by atoms with Gasteiger partial charge in [0, 0.05) is 30.5 Å². The maximum atomic E-state index is 12.2. The summed E-state index contributed by atoms with van der Waals surface area (Å²) in [7, 11) is 0. The van der Waals surface area contributed by atoms with Crippen LogP contribution < -0.4 is 15.5 Å². The fourth-order valence-corrected chi connectivity index (χ4v) is 3.88. The Balaban J connectivity index is 1.49. The van der Waals surface area contributed by atoms with Crippen molar-refractivity contribution in [1.82, 2.24) is 5.32 Å². The summed E-state index contributed by atoms with van der Waals surface area (Å²) in [6.45, 7) is 4.46. The van der Waals surface area contributed by atoms with E-state index >= 15 is 0 Å². The summed E-state index contributed by atoms with van der Waals surface area (Å²) in [5.41, 5.74) is 1.85. The van der Waals surface area contributed by atoms with E-state index in [-0.39, 0.29) is 6.04 Å². The van der Waals surface area contributed by atoms with Crippen LogP contribution in [-0.4, -0.2) is 30.9 Å². The van der Waals surface area contributed by atoms with Crippen molar-refractivity contribution >= 4 is 23.2 Å². The Hall–Kier alpha value is -2.04. The zero-order valence-corrected chi connectivity index (χ0v) is 15.8. The third-order valence-corrected chi connectivity index (χ3v) is 5.67. The molecule has 0 radical (unpaired) electrons. The van der Waals surface area contributed by atoms with E-state index < -0.39 is 11.8 Å². The van der Waals surface area contributed by atoms with Gasteiger partial charge >= 0.3 is 11.8 Å². The number of hydrogen-bond acceptors (Lipinski definition) is 3. The summed E-state index contributed by atoms with van der Waals surface area (Å²) in [6, 6.07) is 7.94. The van der Waals surface area contributed by atoms with Crippen LogP contribution in [-0.2, 0) is 9.59 Å². The van der Waals surface area contributed by atoms with E-state index in [0.717, 1.165) is 44.7 Å². The van der Waals surface area contributed by atoms with Gasteiger partial charge < -0.3 is 15.5 Å².